The second-order valence-electron chi connectivity index (χ2n) is 6.45. The molecule has 0 fully saturated rings. The number of carbonyl (C=O) groups excluding carboxylic acids is 1. The van der Waals surface area contributed by atoms with E-state index in [0.717, 1.165) is 39.3 Å². The third kappa shape index (κ3) is 3.23. The first-order chi connectivity index (χ1) is 13.1. The number of benzene rings is 1. The van der Waals surface area contributed by atoms with E-state index in [2.05, 4.69) is 21.4 Å². The van der Waals surface area contributed by atoms with E-state index in [1.807, 2.05) is 32.0 Å². The van der Waals surface area contributed by atoms with Gasteiger partial charge < -0.3 is 14.8 Å². The van der Waals surface area contributed by atoms with Crippen LogP contribution < -0.4 is 10.1 Å². The first-order valence-corrected chi connectivity index (χ1v) is 9.83. The fourth-order valence-corrected chi connectivity index (χ4v) is 4.52. The lowest BCUT2D eigenvalue weighted by Crippen LogP contribution is -2.21. The normalized spacial score (nSPS) is 15.9. The average molecular weight is 383 g/mol. The molecule has 6 nitrogen and oxygen atoms in total. The van der Waals surface area contributed by atoms with Gasteiger partial charge >= 0.3 is 5.97 Å². The van der Waals surface area contributed by atoms with Crippen LogP contribution in [0.2, 0.25) is 0 Å². The largest absolute Gasteiger partial charge is 0.493 e. The maximum Gasteiger partial charge on any atom is 0.348 e. The minimum atomic E-state index is -0.307. The van der Waals surface area contributed by atoms with Gasteiger partial charge in [-0.05, 0) is 32.4 Å². The van der Waals surface area contributed by atoms with Crippen LogP contribution in [0.4, 0.5) is 5.82 Å². The maximum atomic E-state index is 12.3. The summed E-state index contributed by atoms with van der Waals surface area (Å²) in [4.78, 5) is 22.8. The van der Waals surface area contributed by atoms with E-state index in [1.54, 1.807) is 6.92 Å². The van der Waals surface area contributed by atoms with Crippen molar-refractivity contribution in [2.45, 2.75) is 33.2 Å². The first-order valence-electron chi connectivity index (χ1n) is 9.01. The number of nitrogens with zero attached hydrogens (tertiary/aromatic N) is 2. The van der Waals surface area contributed by atoms with Crippen molar-refractivity contribution in [3.8, 4) is 5.75 Å². The van der Waals surface area contributed by atoms with Crippen molar-refractivity contribution in [1.29, 1.82) is 0 Å². The Morgan fingerprint density at radius 3 is 2.96 bits per heavy atom. The summed E-state index contributed by atoms with van der Waals surface area (Å²) in [5, 5.41) is 4.46. The van der Waals surface area contributed by atoms with Crippen LogP contribution in [0.25, 0.3) is 10.2 Å². The summed E-state index contributed by atoms with van der Waals surface area (Å²) in [6.45, 7) is 6.59. The average Bonchev–Trinajstić information content (AvgIpc) is 2.99. The van der Waals surface area contributed by atoms with Crippen molar-refractivity contribution in [3.05, 3.63) is 46.1 Å². The molecule has 0 saturated carbocycles. The number of aromatic nitrogens is 2. The Hall–Kier alpha value is -2.67. The quantitative estimate of drug-likeness (QED) is 0.672. The Morgan fingerprint density at radius 1 is 1.33 bits per heavy atom. The molecular weight excluding hydrogens is 362 g/mol. The number of ether oxygens (including phenoxy) is 2. The van der Waals surface area contributed by atoms with Crippen LogP contribution in [0.3, 0.4) is 0 Å². The molecule has 0 amide bonds. The van der Waals surface area contributed by atoms with Crippen LogP contribution in [-0.2, 0) is 4.74 Å². The molecule has 1 aliphatic heterocycles. The molecule has 3 heterocycles. The van der Waals surface area contributed by atoms with Crippen LogP contribution in [0.1, 0.15) is 46.0 Å². The zero-order valence-corrected chi connectivity index (χ0v) is 16.4. The predicted molar refractivity (Wildman–Crippen MR) is 106 cm³/mol. The number of esters is 1. The van der Waals surface area contributed by atoms with Gasteiger partial charge in [0.25, 0.3) is 0 Å². The molecule has 1 atom stereocenters. The van der Waals surface area contributed by atoms with Crippen LogP contribution >= 0.6 is 11.3 Å². The van der Waals surface area contributed by atoms with Crippen LogP contribution in [0, 0.1) is 13.8 Å². The van der Waals surface area contributed by atoms with E-state index in [4.69, 9.17) is 9.47 Å². The van der Waals surface area contributed by atoms with Crippen molar-refractivity contribution in [3.63, 3.8) is 0 Å². The Bertz CT molecular complexity index is 1020. The molecule has 27 heavy (non-hydrogen) atoms. The maximum absolute atomic E-state index is 12.3. The lowest BCUT2D eigenvalue weighted by Gasteiger charge is -2.27. The molecule has 0 unspecified atom stereocenters. The molecule has 4 rings (SSSR count). The van der Waals surface area contributed by atoms with Gasteiger partial charge in [0, 0.05) is 12.0 Å². The molecule has 0 spiro atoms. The molecule has 1 N–H and O–H groups in total. The molecular formula is C20H21N3O3S. The zero-order chi connectivity index (χ0) is 19.0. The molecule has 140 valence electrons. The zero-order valence-electron chi connectivity index (χ0n) is 15.5. The lowest BCUT2D eigenvalue weighted by atomic mass is 10.0. The van der Waals surface area contributed by atoms with Gasteiger partial charge in [-0.25, -0.2) is 14.8 Å². The van der Waals surface area contributed by atoms with E-state index in [9.17, 15) is 4.79 Å². The van der Waals surface area contributed by atoms with Crippen molar-refractivity contribution < 1.29 is 14.3 Å². The number of fused-ring (bicyclic) bond motifs is 2. The van der Waals surface area contributed by atoms with Gasteiger partial charge in [-0.3, -0.25) is 0 Å². The van der Waals surface area contributed by atoms with Gasteiger partial charge in [0.1, 0.15) is 27.1 Å². The fraction of sp³-hybridized carbons (Fsp3) is 0.350. The van der Waals surface area contributed by atoms with Crippen molar-refractivity contribution in [2.75, 3.05) is 18.5 Å². The number of carbonyl (C=O) groups is 1. The minimum Gasteiger partial charge on any atom is -0.493 e. The molecule has 0 saturated heterocycles. The third-order valence-corrected chi connectivity index (χ3v) is 5.80. The van der Waals surface area contributed by atoms with Gasteiger partial charge in [-0.2, -0.15) is 0 Å². The Kier molecular flexibility index (Phi) is 4.70. The van der Waals surface area contributed by atoms with Gasteiger partial charge in [-0.1, -0.05) is 18.2 Å². The van der Waals surface area contributed by atoms with E-state index in [-0.39, 0.29) is 12.0 Å². The molecule has 3 aromatic rings. The van der Waals surface area contributed by atoms with Crippen LogP contribution in [-0.4, -0.2) is 29.2 Å². The number of hydrogen-bond donors (Lipinski definition) is 1. The number of thiophene rings is 1. The number of rotatable bonds is 4. The van der Waals surface area contributed by atoms with Gasteiger partial charge in [0.05, 0.1) is 24.6 Å². The minimum absolute atomic E-state index is 0.0952. The highest BCUT2D eigenvalue weighted by molar-refractivity contribution is 7.20. The van der Waals surface area contributed by atoms with Gasteiger partial charge in [-0.15, -0.1) is 11.3 Å². The highest BCUT2D eigenvalue weighted by atomic mass is 32.1. The number of para-hydroxylation sites is 1. The van der Waals surface area contributed by atoms with Crippen LogP contribution in [0.5, 0.6) is 5.75 Å². The smallest absolute Gasteiger partial charge is 0.348 e. The van der Waals surface area contributed by atoms with Crippen LogP contribution in [0.15, 0.2) is 24.3 Å². The van der Waals surface area contributed by atoms with Gasteiger partial charge in [0.15, 0.2) is 0 Å². The molecule has 0 bridgehead atoms. The monoisotopic (exact) mass is 383 g/mol. The number of anilines is 1. The molecule has 0 aliphatic carbocycles. The standard InChI is InChI=1S/C20H21N3O3S/c1-4-25-20(24)17-11(2)16-18(21-12(3)22-19(16)27-17)23-14-9-10-26-15-8-6-5-7-13(14)15/h5-8,14H,4,9-10H2,1-3H3,(H,21,22,23)/t14-/m1/s1. The summed E-state index contributed by atoms with van der Waals surface area (Å²) in [6, 6.07) is 8.14. The van der Waals surface area contributed by atoms with E-state index in [0.29, 0.717) is 23.9 Å². The Morgan fingerprint density at radius 2 is 2.15 bits per heavy atom. The summed E-state index contributed by atoms with van der Waals surface area (Å²) in [5.41, 5.74) is 1.97. The lowest BCUT2D eigenvalue weighted by molar-refractivity contribution is 0.0531. The second-order valence-corrected chi connectivity index (χ2v) is 7.45. The number of aryl methyl sites for hydroxylation is 2. The summed E-state index contributed by atoms with van der Waals surface area (Å²) in [7, 11) is 0. The molecule has 0 radical (unpaired) electrons. The Balaban J connectivity index is 1.77. The highest BCUT2D eigenvalue weighted by Gasteiger charge is 2.25. The number of nitrogens with one attached hydrogen (secondary N) is 1. The van der Waals surface area contributed by atoms with Crippen molar-refractivity contribution in [2.24, 2.45) is 0 Å². The topological polar surface area (TPSA) is 73.3 Å². The van der Waals surface area contributed by atoms with E-state index in [1.165, 1.54) is 11.3 Å². The Labute approximate surface area is 161 Å². The van der Waals surface area contributed by atoms with E-state index >= 15 is 0 Å². The summed E-state index contributed by atoms with van der Waals surface area (Å²) >= 11 is 1.36. The summed E-state index contributed by atoms with van der Waals surface area (Å²) in [6.07, 6.45) is 0.843. The van der Waals surface area contributed by atoms with Gasteiger partial charge in [0.2, 0.25) is 0 Å². The highest BCUT2D eigenvalue weighted by Crippen LogP contribution is 2.38. The first kappa shape index (κ1) is 17.7. The molecule has 7 heteroatoms. The predicted octanol–water partition coefficient (Wildman–Crippen LogP) is 4.42. The molecule has 1 aliphatic rings. The molecule has 2 aromatic heterocycles. The fourth-order valence-electron chi connectivity index (χ4n) is 3.40. The summed E-state index contributed by atoms with van der Waals surface area (Å²) in [5.74, 6) is 2.01. The molecule has 1 aromatic carbocycles. The van der Waals surface area contributed by atoms with E-state index < -0.39 is 0 Å². The second kappa shape index (κ2) is 7.15. The SMILES string of the molecule is CCOC(=O)c1sc2nc(C)nc(N[C@@H]3CCOc4ccccc43)c2c1C. The van der Waals surface area contributed by atoms with Crippen molar-refractivity contribution >= 4 is 33.3 Å². The van der Waals surface area contributed by atoms with Crippen molar-refractivity contribution in [1.82, 2.24) is 9.97 Å². The summed E-state index contributed by atoms with van der Waals surface area (Å²) < 4.78 is 10.9. The third-order valence-electron chi connectivity index (χ3n) is 4.63. The number of hydrogen-bond acceptors (Lipinski definition) is 7.